The molecule has 0 aromatic rings. The summed E-state index contributed by atoms with van der Waals surface area (Å²) in [5, 5.41) is 11.2. The summed E-state index contributed by atoms with van der Waals surface area (Å²) >= 11 is 40.9. The van der Waals surface area contributed by atoms with Crippen molar-refractivity contribution in [3.8, 4) is 0 Å². The van der Waals surface area contributed by atoms with Crippen molar-refractivity contribution in [2.24, 2.45) is 29.6 Å². The molecule has 104 valence electrons. The van der Waals surface area contributed by atoms with E-state index in [0.717, 1.165) is 6.42 Å². The zero-order valence-corrected chi connectivity index (χ0v) is 13.8. The topological polar surface area (TPSA) is 20.2 Å². The highest BCUT2D eigenvalue weighted by molar-refractivity contribution is 6.65. The second-order valence-corrected chi connectivity index (χ2v) is 10.9. The Labute approximate surface area is 139 Å². The fourth-order valence-corrected chi connectivity index (χ4v) is 12.2. The Balaban J connectivity index is 1.88. The number of alkyl halides is 6. The highest BCUT2D eigenvalue weighted by atomic mass is 35.5. The summed E-state index contributed by atoms with van der Waals surface area (Å²) in [4.78, 5) is -4.39. The van der Waals surface area contributed by atoms with E-state index in [1.54, 1.807) is 0 Å². The maximum absolute atomic E-state index is 11.2. The SMILES string of the molecule is O[C@@]12C3[C@@H]4C[C@H]1[C@H]1[C@@H]4[C@@]4(Cl)C(Cl)(Cl)[C@]1(Cl)[C@]2(Cl)[C@@]34Cl. The summed E-state index contributed by atoms with van der Waals surface area (Å²) in [7, 11) is 0. The zero-order valence-electron chi connectivity index (χ0n) is 9.31. The van der Waals surface area contributed by atoms with E-state index in [4.69, 9.17) is 69.6 Å². The lowest BCUT2D eigenvalue weighted by Crippen LogP contribution is -2.82. The molecule has 19 heavy (non-hydrogen) atoms. The van der Waals surface area contributed by atoms with Gasteiger partial charge in [0.15, 0.2) is 4.33 Å². The van der Waals surface area contributed by atoms with Gasteiger partial charge < -0.3 is 5.11 Å². The first-order chi connectivity index (χ1) is 8.59. The first kappa shape index (κ1) is 12.2. The van der Waals surface area contributed by atoms with Crippen LogP contribution in [-0.4, -0.2) is 34.5 Å². The highest BCUT2D eigenvalue weighted by Gasteiger charge is 3.15. The van der Waals surface area contributed by atoms with Gasteiger partial charge in [-0.1, -0.05) is 23.2 Å². The Morgan fingerprint density at radius 2 is 1.47 bits per heavy atom. The summed E-state index contributed by atoms with van der Waals surface area (Å²) in [5.41, 5.74) is -1.05. The van der Waals surface area contributed by atoms with E-state index >= 15 is 0 Å². The van der Waals surface area contributed by atoms with Crippen molar-refractivity contribution in [3.05, 3.63) is 0 Å². The van der Waals surface area contributed by atoms with Gasteiger partial charge in [0.1, 0.15) is 14.6 Å². The standard InChI is InChI=1S/C12H8Cl6O/c13-8-4-2-1-3-5(4)9(14,12(8,17)18)11(16)7(3,19)6(2)10(8,11)15/h2-6,19H,1H2/t2-,3+,4-,5+,6?,7-,8+,9-,10-,11+/m1/s1. The van der Waals surface area contributed by atoms with Gasteiger partial charge in [0.05, 0.1) is 10.5 Å². The maximum atomic E-state index is 11.2. The Morgan fingerprint density at radius 1 is 0.842 bits per heavy atom. The number of hydrogen-bond acceptors (Lipinski definition) is 1. The molecule has 1 unspecified atom stereocenters. The molecule has 0 aliphatic heterocycles. The van der Waals surface area contributed by atoms with Crippen molar-refractivity contribution in [2.75, 3.05) is 0 Å². The Kier molecular flexibility index (Phi) is 1.53. The minimum absolute atomic E-state index is 0.0280. The lowest BCUT2D eigenvalue weighted by molar-refractivity contribution is -0.143. The summed E-state index contributed by atoms with van der Waals surface area (Å²) in [5.74, 6) is 0.211. The number of rotatable bonds is 0. The molecule has 0 aromatic carbocycles. The van der Waals surface area contributed by atoms with Crippen molar-refractivity contribution >= 4 is 69.6 Å². The van der Waals surface area contributed by atoms with E-state index in [9.17, 15) is 5.11 Å². The van der Waals surface area contributed by atoms with Crippen molar-refractivity contribution in [3.63, 3.8) is 0 Å². The lowest BCUT2D eigenvalue weighted by atomic mass is 9.54. The Morgan fingerprint density at radius 3 is 2.11 bits per heavy atom. The van der Waals surface area contributed by atoms with Crippen molar-refractivity contribution in [2.45, 2.75) is 35.9 Å². The predicted molar refractivity (Wildman–Crippen MR) is 75.8 cm³/mol. The summed E-state index contributed by atoms with van der Waals surface area (Å²) in [6, 6.07) is 0. The molecule has 7 aliphatic carbocycles. The van der Waals surface area contributed by atoms with Crippen LogP contribution in [0.2, 0.25) is 0 Å². The third kappa shape index (κ3) is 0.552. The molecule has 4 bridgehead atoms. The van der Waals surface area contributed by atoms with Crippen molar-refractivity contribution in [1.29, 1.82) is 0 Å². The quantitative estimate of drug-likeness (QED) is 0.639. The predicted octanol–water partition coefficient (Wildman–Crippen LogP) is 3.35. The smallest absolute Gasteiger partial charge is 0.160 e. The molecule has 10 atom stereocenters. The van der Waals surface area contributed by atoms with Crippen molar-refractivity contribution < 1.29 is 5.11 Å². The minimum Gasteiger partial charge on any atom is -0.387 e. The van der Waals surface area contributed by atoms with Crippen LogP contribution in [0.25, 0.3) is 0 Å². The molecule has 0 spiro atoms. The molecule has 0 heterocycles. The Bertz CT molecular complexity index is 609. The molecule has 0 radical (unpaired) electrons. The van der Waals surface area contributed by atoms with Gasteiger partial charge in [-0.05, 0) is 30.1 Å². The molecular formula is C12H8Cl6O. The van der Waals surface area contributed by atoms with Crippen LogP contribution in [-0.2, 0) is 0 Å². The first-order valence-electron chi connectivity index (χ1n) is 6.45. The van der Waals surface area contributed by atoms with Gasteiger partial charge in [-0.2, -0.15) is 0 Å². The van der Waals surface area contributed by atoms with Crippen LogP contribution in [0.1, 0.15) is 6.42 Å². The molecule has 0 saturated heterocycles. The fraction of sp³-hybridized carbons (Fsp3) is 1.00. The number of hydrogen-bond donors (Lipinski definition) is 1. The second-order valence-electron chi connectivity index (χ2n) is 7.23. The third-order valence-corrected chi connectivity index (χ3v) is 12.9. The van der Waals surface area contributed by atoms with E-state index in [1.807, 2.05) is 0 Å². The molecule has 0 aromatic heterocycles. The van der Waals surface area contributed by atoms with Crippen LogP contribution < -0.4 is 0 Å². The number of halogens is 6. The molecule has 7 rings (SSSR count). The molecule has 7 saturated carbocycles. The van der Waals surface area contributed by atoms with Gasteiger partial charge in [-0.3, -0.25) is 0 Å². The van der Waals surface area contributed by atoms with Gasteiger partial charge in [0.2, 0.25) is 0 Å². The van der Waals surface area contributed by atoms with Gasteiger partial charge in [0.25, 0.3) is 0 Å². The van der Waals surface area contributed by atoms with E-state index < -0.39 is 29.4 Å². The second kappa shape index (κ2) is 2.39. The number of aliphatic hydroxyl groups is 1. The molecule has 7 fully saturated rings. The van der Waals surface area contributed by atoms with Crippen LogP contribution in [0, 0.1) is 29.6 Å². The van der Waals surface area contributed by atoms with E-state index in [2.05, 4.69) is 0 Å². The summed E-state index contributed by atoms with van der Waals surface area (Å²) < 4.78 is -1.41. The monoisotopic (exact) mass is 378 g/mol. The van der Waals surface area contributed by atoms with E-state index in [-0.39, 0.29) is 29.6 Å². The first-order valence-corrected chi connectivity index (χ1v) is 8.72. The van der Waals surface area contributed by atoms with Crippen LogP contribution in [0.3, 0.4) is 0 Å². The summed E-state index contributed by atoms with van der Waals surface area (Å²) in [6.45, 7) is 0. The summed E-state index contributed by atoms with van der Waals surface area (Å²) in [6.07, 6.45) is 0.895. The van der Waals surface area contributed by atoms with Crippen LogP contribution >= 0.6 is 69.6 Å². The third-order valence-electron chi connectivity index (χ3n) is 7.62. The van der Waals surface area contributed by atoms with Gasteiger partial charge in [-0.15, -0.1) is 46.4 Å². The normalized spacial score (nSPS) is 86.4. The average molecular weight is 381 g/mol. The minimum atomic E-state index is -1.41. The van der Waals surface area contributed by atoms with Crippen LogP contribution in [0.4, 0.5) is 0 Å². The molecule has 7 aliphatic rings. The van der Waals surface area contributed by atoms with Crippen LogP contribution in [0.5, 0.6) is 0 Å². The van der Waals surface area contributed by atoms with E-state index in [1.165, 1.54) is 0 Å². The maximum Gasteiger partial charge on any atom is 0.160 e. The van der Waals surface area contributed by atoms with Gasteiger partial charge in [0, 0.05) is 5.92 Å². The fourth-order valence-electron chi connectivity index (χ4n) is 7.65. The molecule has 0 amide bonds. The van der Waals surface area contributed by atoms with E-state index in [0.29, 0.717) is 0 Å². The highest BCUT2D eigenvalue weighted by Crippen LogP contribution is 3.04. The molecule has 7 heteroatoms. The zero-order chi connectivity index (χ0) is 13.6. The largest absolute Gasteiger partial charge is 0.387 e. The molecular weight excluding hydrogens is 373 g/mol. The van der Waals surface area contributed by atoms with Crippen LogP contribution in [0.15, 0.2) is 0 Å². The van der Waals surface area contributed by atoms with Gasteiger partial charge >= 0.3 is 0 Å². The molecule has 1 N–H and O–H groups in total. The Hall–Kier alpha value is 1.70. The lowest BCUT2D eigenvalue weighted by Gasteiger charge is -2.64. The molecule has 1 nitrogen and oxygen atoms in total. The van der Waals surface area contributed by atoms with Crippen molar-refractivity contribution in [1.82, 2.24) is 0 Å². The van der Waals surface area contributed by atoms with Gasteiger partial charge in [-0.25, -0.2) is 0 Å². The average Bonchev–Trinajstić information content (AvgIpc) is 2.94.